The lowest BCUT2D eigenvalue weighted by atomic mass is 9.85. The minimum atomic E-state index is -4.64. The van der Waals surface area contributed by atoms with Crippen molar-refractivity contribution in [3.05, 3.63) is 102 Å². The van der Waals surface area contributed by atoms with Gasteiger partial charge in [-0.05, 0) is 17.2 Å². The largest absolute Gasteiger partial charge is 0.524 e. The van der Waals surface area contributed by atoms with Crippen molar-refractivity contribution in [2.45, 2.75) is 5.92 Å². The van der Waals surface area contributed by atoms with Gasteiger partial charge in [0.2, 0.25) is 0 Å². The topological polar surface area (TPSA) is 66.8 Å². The van der Waals surface area contributed by atoms with Gasteiger partial charge in [0.15, 0.2) is 0 Å². The van der Waals surface area contributed by atoms with E-state index in [9.17, 15) is 14.4 Å². The van der Waals surface area contributed by atoms with Crippen LogP contribution in [0.1, 0.15) is 22.6 Å². The van der Waals surface area contributed by atoms with Gasteiger partial charge in [0, 0.05) is 11.5 Å². The van der Waals surface area contributed by atoms with Crippen molar-refractivity contribution in [1.82, 2.24) is 0 Å². The third kappa shape index (κ3) is 3.92. The fourth-order valence-corrected chi connectivity index (χ4v) is 3.20. The molecule has 0 spiro atoms. The van der Waals surface area contributed by atoms with Crippen LogP contribution in [0.15, 0.2) is 84.9 Å². The van der Waals surface area contributed by atoms with Crippen LogP contribution in [0.3, 0.4) is 0 Å². The molecule has 0 saturated heterocycles. The molecule has 0 radical (unpaired) electrons. The molecule has 0 unspecified atom stereocenters. The van der Waals surface area contributed by atoms with Crippen LogP contribution in [0.2, 0.25) is 0 Å². The highest BCUT2D eigenvalue weighted by Gasteiger charge is 2.24. The molecule has 0 amide bonds. The van der Waals surface area contributed by atoms with E-state index in [-0.39, 0.29) is 11.7 Å². The molecule has 4 nitrogen and oxygen atoms in total. The number of rotatable bonds is 5. The second kappa shape index (κ2) is 7.02. The molecular formula is C19H17O4P. The van der Waals surface area contributed by atoms with E-state index in [1.807, 2.05) is 72.8 Å². The fourth-order valence-electron chi connectivity index (χ4n) is 2.77. The Morgan fingerprint density at radius 1 is 0.708 bits per heavy atom. The number of hydrogen-bond acceptors (Lipinski definition) is 2. The molecule has 0 atom stereocenters. The summed E-state index contributed by atoms with van der Waals surface area (Å²) in [5.41, 5.74) is 2.74. The van der Waals surface area contributed by atoms with Crippen molar-refractivity contribution in [1.29, 1.82) is 0 Å². The van der Waals surface area contributed by atoms with Gasteiger partial charge in [0.25, 0.3) is 0 Å². The van der Waals surface area contributed by atoms with Crippen LogP contribution in [-0.2, 0) is 4.57 Å². The van der Waals surface area contributed by atoms with Gasteiger partial charge in [-0.15, -0.1) is 0 Å². The molecule has 3 aromatic carbocycles. The first-order valence-corrected chi connectivity index (χ1v) is 9.01. The number of phosphoric ester groups is 1. The molecular weight excluding hydrogens is 323 g/mol. The first kappa shape index (κ1) is 16.5. The summed E-state index contributed by atoms with van der Waals surface area (Å²) in [5, 5.41) is 0. The van der Waals surface area contributed by atoms with E-state index < -0.39 is 7.82 Å². The van der Waals surface area contributed by atoms with Crippen LogP contribution in [0.25, 0.3) is 0 Å². The van der Waals surface area contributed by atoms with E-state index in [4.69, 9.17) is 4.52 Å². The molecule has 0 bridgehead atoms. The van der Waals surface area contributed by atoms with Crippen LogP contribution in [0.5, 0.6) is 5.75 Å². The number of para-hydroxylation sites is 1. The van der Waals surface area contributed by atoms with Crippen molar-refractivity contribution >= 4 is 7.82 Å². The third-order valence-corrected chi connectivity index (χ3v) is 4.15. The van der Waals surface area contributed by atoms with Crippen LogP contribution < -0.4 is 4.52 Å². The van der Waals surface area contributed by atoms with Gasteiger partial charge in [-0.2, -0.15) is 0 Å². The summed E-state index contributed by atoms with van der Waals surface area (Å²) in [5.74, 6) is -0.00121. The molecule has 0 aliphatic heterocycles. The van der Waals surface area contributed by atoms with E-state index in [1.54, 1.807) is 12.1 Å². The molecule has 3 rings (SSSR count). The molecule has 0 aromatic heterocycles. The Bertz CT molecular complexity index is 804. The van der Waals surface area contributed by atoms with Gasteiger partial charge in [-0.1, -0.05) is 78.9 Å². The van der Waals surface area contributed by atoms with Crippen LogP contribution >= 0.6 is 7.82 Å². The van der Waals surface area contributed by atoms with E-state index >= 15 is 0 Å². The zero-order valence-electron chi connectivity index (χ0n) is 12.8. The highest BCUT2D eigenvalue weighted by Crippen LogP contribution is 2.43. The van der Waals surface area contributed by atoms with Gasteiger partial charge in [0.1, 0.15) is 5.75 Å². The van der Waals surface area contributed by atoms with Gasteiger partial charge >= 0.3 is 7.82 Å². The maximum Gasteiger partial charge on any atom is 0.524 e. The number of phosphoric acid groups is 1. The highest BCUT2D eigenvalue weighted by atomic mass is 31.2. The maximum atomic E-state index is 11.3. The minimum absolute atomic E-state index is 0.184. The van der Waals surface area contributed by atoms with E-state index in [1.165, 1.54) is 0 Å². The normalized spacial score (nSPS) is 11.5. The SMILES string of the molecule is O=P(O)(O)Oc1ccccc1C(c1ccccc1)c1ccccc1. The van der Waals surface area contributed by atoms with Crippen molar-refractivity contribution in [3.8, 4) is 5.75 Å². The lowest BCUT2D eigenvalue weighted by Crippen LogP contribution is -2.05. The molecule has 24 heavy (non-hydrogen) atoms. The first-order chi connectivity index (χ1) is 11.5. The van der Waals surface area contributed by atoms with E-state index in [0.29, 0.717) is 5.56 Å². The molecule has 5 heteroatoms. The van der Waals surface area contributed by atoms with Gasteiger partial charge in [0.05, 0.1) is 0 Å². The Kier molecular flexibility index (Phi) is 4.81. The molecule has 122 valence electrons. The second-order valence-electron chi connectivity index (χ2n) is 5.37. The lowest BCUT2D eigenvalue weighted by Gasteiger charge is -2.21. The summed E-state index contributed by atoms with van der Waals surface area (Å²) in [6.45, 7) is 0. The zero-order valence-corrected chi connectivity index (χ0v) is 13.7. The summed E-state index contributed by atoms with van der Waals surface area (Å²) in [6, 6.07) is 26.5. The molecule has 3 aromatic rings. The van der Waals surface area contributed by atoms with Crippen molar-refractivity contribution < 1.29 is 18.9 Å². The number of hydrogen-bond donors (Lipinski definition) is 2. The Labute approximate surface area is 140 Å². The van der Waals surface area contributed by atoms with E-state index in [2.05, 4.69) is 0 Å². The minimum Gasteiger partial charge on any atom is -0.404 e. The first-order valence-electron chi connectivity index (χ1n) is 7.48. The van der Waals surface area contributed by atoms with Gasteiger partial charge in [-0.25, -0.2) is 4.57 Å². The van der Waals surface area contributed by atoms with Crippen molar-refractivity contribution in [3.63, 3.8) is 0 Å². The van der Waals surface area contributed by atoms with E-state index in [0.717, 1.165) is 11.1 Å². The summed E-state index contributed by atoms with van der Waals surface area (Å²) in [4.78, 5) is 18.4. The Hall–Kier alpha value is -2.39. The summed E-state index contributed by atoms with van der Waals surface area (Å²) >= 11 is 0. The maximum absolute atomic E-state index is 11.3. The molecule has 2 N–H and O–H groups in total. The fraction of sp³-hybridized carbons (Fsp3) is 0.0526. The second-order valence-corrected chi connectivity index (χ2v) is 6.54. The summed E-state index contributed by atoms with van der Waals surface area (Å²) in [7, 11) is -4.64. The van der Waals surface area contributed by atoms with Gasteiger partial charge < -0.3 is 4.52 Å². The Morgan fingerprint density at radius 3 is 1.67 bits per heavy atom. The predicted molar refractivity (Wildman–Crippen MR) is 92.9 cm³/mol. The standard InChI is InChI=1S/C19H17O4P/c20-24(21,22)23-18-14-8-7-13-17(18)19(15-9-3-1-4-10-15)16-11-5-2-6-12-16/h1-14,19H,(H2,20,21,22). The molecule has 0 fully saturated rings. The Morgan fingerprint density at radius 2 is 1.17 bits per heavy atom. The van der Waals surface area contributed by atoms with Gasteiger partial charge in [-0.3, -0.25) is 9.79 Å². The highest BCUT2D eigenvalue weighted by molar-refractivity contribution is 7.46. The summed E-state index contributed by atoms with van der Waals surface area (Å²) in [6.07, 6.45) is 0. The van der Waals surface area contributed by atoms with Crippen molar-refractivity contribution in [2.24, 2.45) is 0 Å². The predicted octanol–water partition coefficient (Wildman–Crippen LogP) is 4.34. The average Bonchev–Trinajstić information content (AvgIpc) is 2.57. The van der Waals surface area contributed by atoms with Crippen LogP contribution in [-0.4, -0.2) is 9.79 Å². The molecule has 0 aliphatic carbocycles. The zero-order chi connectivity index (χ0) is 17.0. The quantitative estimate of drug-likeness (QED) is 0.536. The van der Waals surface area contributed by atoms with Crippen LogP contribution in [0.4, 0.5) is 0 Å². The van der Waals surface area contributed by atoms with Crippen LogP contribution in [0, 0.1) is 0 Å². The third-order valence-electron chi connectivity index (χ3n) is 3.71. The molecule has 0 saturated carbocycles. The monoisotopic (exact) mass is 340 g/mol. The Balaban J connectivity index is 2.16. The van der Waals surface area contributed by atoms with Crippen molar-refractivity contribution in [2.75, 3.05) is 0 Å². The lowest BCUT2D eigenvalue weighted by molar-refractivity contribution is 0.282. The average molecular weight is 340 g/mol. The molecule has 0 aliphatic rings. The molecule has 0 heterocycles. The summed E-state index contributed by atoms with van der Waals surface area (Å²) < 4.78 is 16.2. The number of benzene rings is 3. The smallest absolute Gasteiger partial charge is 0.404 e.